The minimum atomic E-state index is -0.344. The highest BCUT2D eigenvalue weighted by molar-refractivity contribution is 6.05. The molecule has 0 aliphatic rings. The molecule has 0 saturated heterocycles. The number of H-pyrrole nitrogens is 1. The highest BCUT2D eigenvalue weighted by Gasteiger charge is 2.17. The Balaban J connectivity index is 1.55. The molecule has 2 heterocycles. The second kappa shape index (κ2) is 7.99. The van der Waals surface area contributed by atoms with Gasteiger partial charge in [0.1, 0.15) is 29.7 Å². The molecule has 30 heavy (non-hydrogen) atoms. The van der Waals surface area contributed by atoms with E-state index in [2.05, 4.69) is 15.3 Å². The average molecular weight is 403 g/mol. The SMILES string of the molecule is Cc1nc(NC(=O)c2cc3cc(F)ccc3[nH]2)c(C)c(C)c1OCc1ccccc1. The number of aromatic nitrogens is 2. The van der Waals surface area contributed by atoms with E-state index in [4.69, 9.17) is 4.74 Å². The molecule has 5 nitrogen and oxygen atoms in total. The molecule has 0 aliphatic heterocycles. The topological polar surface area (TPSA) is 67.0 Å². The Bertz CT molecular complexity index is 1230. The number of hydrogen-bond donors (Lipinski definition) is 2. The maximum atomic E-state index is 13.4. The van der Waals surface area contributed by atoms with Crippen LogP contribution >= 0.6 is 0 Å². The Morgan fingerprint density at radius 1 is 1.07 bits per heavy atom. The van der Waals surface area contributed by atoms with Gasteiger partial charge in [-0.2, -0.15) is 0 Å². The zero-order chi connectivity index (χ0) is 21.3. The van der Waals surface area contributed by atoms with Gasteiger partial charge in [0.05, 0.1) is 5.69 Å². The number of hydrogen-bond acceptors (Lipinski definition) is 3. The first-order valence-corrected chi connectivity index (χ1v) is 9.66. The van der Waals surface area contributed by atoms with Gasteiger partial charge in [0, 0.05) is 10.9 Å². The van der Waals surface area contributed by atoms with Crippen molar-refractivity contribution in [2.45, 2.75) is 27.4 Å². The number of carbonyl (C=O) groups excluding carboxylic acids is 1. The number of rotatable bonds is 5. The van der Waals surface area contributed by atoms with Crippen molar-refractivity contribution in [3.05, 3.63) is 88.5 Å². The molecule has 0 fully saturated rings. The molecule has 0 aliphatic carbocycles. The maximum absolute atomic E-state index is 13.4. The molecule has 0 spiro atoms. The lowest BCUT2D eigenvalue weighted by Crippen LogP contribution is -2.16. The van der Waals surface area contributed by atoms with Crippen molar-refractivity contribution in [3.63, 3.8) is 0 Å². The lowest BCUT2D eigenvalue weighted by Gasteiger charge is -2.17. The first-order valence-electron chi connectivity index (χ1n) is 9.66. The standard InChI is InChI=1S/C24H22FN3O2/c1-14-15(2)23(26-16(3)22(14)30-13-17-7-5-4-6-8-17)28-24(29)21-12-18-11-19(25)9-10-20(18)27-21/h4-12,27H,13H2,1-3H3,(H,26,28,29). The third-order valence-electron chi connectivity index (χ3n) is 5.15. The summed E-state index contributed by atoms with van der Waals surface area (Å²) < 4.78 is 19.4. The fraction of sp³-hybridized carbons (Fsp3) is 0.167. The number of pyridine rings is 1. The van der Waals surface area contributed by atoms with Crippen molar-refractivity contribution in [2.75, 3.05) is 5.32 Å². The van der Waals surface area contributed by atoms with Crippen molar-refractivity contribution < 1.29 is 13.9 Å². The molecular weight excluding hydrogens is 381 g/mol. The molecule has 152 valence electrons. The van der Waals surface area contributed by atoms with Crippen LogP contribution in [0.15, 0.2) is 54.6 Å². The number of nitrogens with one attached hydrogen (secondary N) is 2. The van der Waals surface area contributed by atoms with Crippen LogP contribution in [0.2, 0.25) is 0 Å². The van der Waals surface area contributed by atoms with E-state index >= 15 is 0 Å². The van der Waals surface area contributed by atoms with Crippen LogP contribution in [0.4, 0.5) is 10.2 Å². The Morgan fingerprint density at radius 2 is 1.83 bits per heavy atom. The lowest BCUT2D eigenvalue weighted by molar-refractivity contribution is 0.102. The summed E-state index contributed by atoms with van der Waals surface area (Å²) in [4.78, 5) is 20.3. The van der Waals surface area contributed by atoms with Gasteiger partial charge in [-0.15, -0.1) is 0 Å². The van der Waals surface area contributed by atoms with Gasteiger partial charge in [0.15, 0.2) is 0 Å². The number of carbonyl (C=O) groups is 1. The van der Waals surface area contributed by atoms with Gasteiger partial charge >= 0.3 is 0 Å². The predicted octanol–water partition coefficient (Wildman–Crippen LogP) is 5.46. The summed E-state index contributed by atoms with van der Waals surface area (Å²) in [5.74, 6) is 0.518. The quantitative estimate of drug-likeness (QED) is 0.465. The smallest absolute Gasteiger partial charge is 0.273 e. The molecule has 2 aromatic heterocycles. The third kappa shape index (κ3) is 3.89. The zero-order valence-corrected chi connectivity index (χ0v) is 17.0. The summed E-state index contributed by atoms with van der Waals surface area (Å²) in [7, 11) is 0. The Labute approximate surface area is 173 Å². The van der Waals surface area contributed by atoms with E-state index in [1.54, 1.807) is 12.1 Å². The van der Waals surface area contributed by atoms with Crippen molar-refractivity contribution in [1.82, 2.24) is 9.97 Å². The summed E-state index contributed by atoms with van der Waals surface area (Å²) in [5, 5.41) is 3.49. The molecule has 0 radical (unpaired) electrons. The zero-order valence-electron chi connectivity index (χ0n) is 17.0. The molecule has 0 atom stereocenters. The number of halogens is 1. The van der Waals surface area contributed by atoms with Crippen LogP contribution in [-0.2, 0) is 6.61 Å². The Hall–Kier alpha value is -3.67. The largest absolute Gasteiger partial charge is 0.487 e. The summed E-state index contributed by atoms with van der Waals surface area (Å²) >= 11 is 0. The minimum absolute atomic E-state index is 0.334. The van der Waals surface area contributed by atoms with E-state index in [1.807, 2.05) is 51.1 Å². The monoisotopic (exact) mass is 403 g/mol. The van der Waals surface area contributed by atoms with Crippen molar-refractivity contribution >= 4 is 22.6 Å². The van der Waals surface area contributed by atoms with E-state index < -0.39 is 0 Å². The number of anilines is 1. The number of benzene rings is 2. The summed E-state index contributed by atoms with van der Waals surface area (Å²) in [6, 6.07) is 15.9. The van der Waals surface area contributed by atoms with E-state index in [0.717, 1.165) is 22.4 Å². The molecule has 4 aromatic rings. The molecule has 2 N–H and O–H groups in total. The molecule has 2 aromatic carbocycles. The van der Waals surface area contributed by atoms with Crippen molar-refractivity contribution in [2.24, 2.45) is 0 Å². The molecule has 0 bridgehead atoms. The van der Waals surface area contributed by atoms with Crippen molar-refractivity contribution in [3.8, 4) is 5.75 Å². The van der Waals surface area contributed by atoms with Crippen molar-refractivity contribution in [1.29, 1.82) is 0 Å². The number of aryl methyl sites for hydroxylation is 1. The third-order valence-corrected chi connectivity index (χ3v) is 5.15. The van der Waals surface area contributed by atoms with Crippen LogP contribution in [0.5, 0.6) is 5.75 Å². The molecule has 0 saturated carbocycles. The number of amides is 1. The van der Waals surface area contributed by atoms with Gasteiger partial charge < -0.3 is 15.0 Å². The highest BCUT2D eigenvalue weighted by atomic mass is 19.1. The van der Waals surface area contributed by atoms with E-state index in [0.29, 0.717) is 34.7 Å². The molecule has 1 amide bonds. The normalized spacial score (nSPS) is 10.9. The summed E-state index contributed by atoms with van der Waals surface area (Å²) in [6.45, 7) is 6.15. The second-order valence-corrected chi connectivity index (χ2v) is 7.27. The number of fused-ring (bicyclic) bond motifs is 1. The van der Waals surface area contributed by atoms with E-state index in [9.17, 15) is 9.18 Å². The van der Waals surface area contributed by atoms with Gasteiger partial charge in [-0.1, -0.05) is 30.3 Å². The van der Waals surface area contributed by atoms with Gasteiger partial charge in [-0.25, -0.2) is 9.37 Å². The number of nitrogens with zero attached hydrogens (tertiary/aromatic N) is 1. The minimum Gasteiger partial charge on any atom is -0.487 e. The first kappa shape index (κ1) is 19.6. The molecule has 4 rings (SSSR count). The Kier molecular flexibility index (Phi) is 5.23. The van der Waals surface area contributed by atoms with Crippen LogP contribution in [-0.4, -0.2) is 15.9 Å². The maximum Gasteiger partial charge on any atom is 0.273 e. The molecule has 6 heteroatoms. The van der Waals surface area contributed by atoms with Crippen LogP contribution < -0.4 is 10.1 Å². The summed E-state index contributed by atoms with van der Waals surface area (Å²) in [5.41, 5.74) is 4.57. The number of aromatic amines is 1. The lowest BCUT2D eigenvalue weighted by atomic mass is 10.1. The molecular formula is C24H22FN3O2. The van der Waals surface area contributed by atoms with E-state index in [-0.39, 0.29) is 11.7 Å². The van der Waals surface area contributed by atoms with Gasteiger partial charge in [0.25, 0.3) is 5.91 Å². The van der Waals surface area contributed by atoms with Gasteiger partial charge in [-0.05, 0) is 61.7 Å². The van der Waals surface area contributed by atoms with Crippen LogP contribution in [0.3, 0.4) is 0 Å². The van der Waals surface area contributed by atoms with Crippen LogP contribution in [0.1, 0.15) is 32.9 Å². The van der Waals surface area contributed by atoms with Crippen LogP contribution in [0.25, 0.3) is 10.9 Å². The summed E-state index contributed by atoms with van der Waals surface area (Å²) in [6.07, 6.45) is 0. The Morgan fingerprint density at radius 3 is 2.60 bits per heavy atom. The average Bonchev–Trinajstić information content (AvgIpc) is 3.16. The second-order valence-electron chi connectivity index (χ2n) is 7.27. The van der Waals surface area contributed by atoms with Gasteiger partial charge in [0.2, 0.25) is 0 Å². The fourth-order valence-corrected chi connectivity index (χ4v) is 3.39. The first-order chi connectivity index (χ1) is 14.4. The van der Waals surface area contributed by atoms with E-state index in [1.165, 1.54) is 12.1 Å². The number of ether oxygens (including phenoxy) is 1. The fourth-order valence-electron chi connectivity index (χ4n) is 3.39. The van der Waals surface area contributed by atoms with Crippen LogP contribution in [0, 0.1) is 26.6 Å². The predicted molar refractivity (Wildman–Crippen MR) is 115 cm³/mol. The molecule has 0 unspecified atom stereocenters. The highest BCUT2D eigenvalue weighted by Crippen LogP contribution is 2.30. The van der Waals surface area contributed by atoms with Gasteiger partial charge in [-0.3, -0.25) is 4.79 Å².